The maximum Gasteiger partial charge on any atom is 0.295 e. The van der Waals surface area contributed by atoms with E-state index < -0.39 is 0 Å². The van der Waals surface area contributed by atoms with Gasteiger partial charge in [0, 0.05) is 5.69 Å². The first-order valence-corrected chi connectivity index (χ1v) is 9.59. The van der Waals surface area contributed by atoms with Crippen LogP contribution >= 0.6 is 11.8 Å². The lowest BCUT2D eigenvalue weighted by atomic mass is 10.1. The number of ether oxygens (including phenoxy) is 1. The molecule has 2 amide bonds. The molecule has 0 atom stereocenters. The average molecular weight is 382 g/mol. The predicted molar refractivity (Wildman–Crippen MR) is 110 cm³/mol. The third-order valence-corrected chi connectivity index (χ3v) is 5.22. The largest absolute Gasteiger partial charge is 0.494 e. The van der Waals surface area contributed by atoms with E-state index in [1.807, 2.05) is 63.2 Å². The van der Waals surface area contributed by atoms with Crippen LogP contribution in [0.15, 0.2) is 47.4 Å². The lowest BCUT2D eigenvalue weighted by molar-refractivity contribution is -0.122. The van der Waals surface area contributed by atoms with Crippen molar-refractivity contribution in [3.05, 3.63) is 64.1 Å². The smallest absolute Gasteiger partial charge is 0.295 e. The van der Waals surface area contributed by atoms with Gasteiger partial charge in [-0.25, -0.2) is 0 Å². The van der Waals surface area contributed by atoms with E-state index >= 15 is 0 Å². The summed E-state index contributed by atoms with van der Waals surface area (Å²) in [6.45, 7) is 6.75. The predicted octanol–water partition coefficient (Wildman–Crippen LogP) is 4.81. The Morgan fingerprint density at radius 3 is 2.48 bits per heavy atom. The summed E-state index contributed by atoms with van der Waals surface area (Å²) < 4.78 is 5.41. The van der Waals surface area contributed by atoms with Crippen molar-refractivity contribution in [2.75, 3.05) is 18.6 Å². The number of imide groups is 1. The number of amides is 2. The Balaban J connectivity index is 1.67. The third-order valence-electron chi connectivity index (χ3n) is 4.31. The van der Waals surface area contributed by atoms with Crippen LogP contribution in [0, 0.1) is 13.8 Å². The van der Waals surface area contributed by atoms with E-state index in [4.69, 9.17) is 4.74 Å². The minimum Gasteiger partial charge on any atom is -0.494 e. The number of nitrogens with one attached hydrogen (secondary N) is 1. The number of carbonyl (C=O) groups is 2. The number of nitrogens with zero attached hydrogens (tertiary/aromatic N) is 1. The first-order valence-electron chi connectivity index (χ1n) is 8.77. The lowest BCUT2D eigenvalue weighted by Crippen LogP contribution is -2.33. The summed E-state index contributed by atoms with van der Waals surface area (Å²) in [6.07, 6.45) is 1.73. The lowest BCUT2D eigenvalue weighted by Gasteiger charge is -2.15. The van der Waals surface area contributed by atoms with Crippen molar-refractivity contribution >= 4 is 34.7 Å². The third kappa shape index (κ3) is 4.52. The SMILES string of the molecule is CCOc1ccc(/C=C2/SC(=O)N(CNc3ccc(C)c(C)c3)C2=O)cc1. The summed E-state index contributed by atoms with van der Waals surface area (Å²) >= 11 is 0.959. The Morgan fingerprint density at radius 1 is 1.07 bits per heavy atom. The van der Waals surface area contributed by atoms with Gasteiger partial charge in [0.05, 0.1) is 18.2 Å². The molecular weight excluding hydrogens is 360 g/mol. The van der Waals surface area contributed by atoms with Crippen molar-refractivity contribution in [1.82, 2.24) is 4.90 Å². The molecule has 5 nitrogen and oxygen atoms in total. The molecule has 0 radical (unpaired) electrons. The van der Waals surface area contributed by atoms with Crippen molar-refractivity contribution in [1.29, 1.82) is 0 Å². The molecular formula is C21H22N2O3S. The monoisotopic (exact) mass is 382 g/mol. The van der Waals surface area contributed by atoms with Gasteiger partial charge in [0.1, 0.15) is 5.75 Å². The van der Waals surface area contributed by atoms with E-state index in [0.29, 0.717) is 11.5 Å². The Kier molecular flexibility index (Phi) is 5.86. The number of anilines is 1. The highest BCUT2D eigenvalue weighted by atomic mass is 32.2. The zero-order valence-corrected chi connectivity index (χ0v) is 16.4. The topological polar surface area (TPSA) is 58.6 Å². The highest BCUT2D eigenvalue weighted by molar-refractivity contribution is 8.18. The molecule has 0 spiro atoms. The van der Waals surface area contributed by atoms with Gasteiger partial charge in [-0.1, -0.05) is 18.2 Å². The summed E-state index contributed by atoms with van der Waals surface area (Å²) in [7, 11) is 0. The summed E-state index contributed by atoms with van der Waals surface area (Å²) in [5.41, 5.74) is 4.09. The fourth-order valence-electron chi connectivity index (χ4n) is 2.64. The molecule has 6 heteroatoms. The molecule has 3 rings (SSSR count). The minimum absolute atomic E-state index is 0.147. The second-order valence-electron chi connectivity index (χ2n) is 6.25. The maximum atomic E-state index is 12.6. The number of aryl methyl sites for hydroxylation is 2. The Morgan fingerprint density at radius 2 is 1.81 bits per heavy atom. The van der Waals surface area contributed by atoms with Crippen molar-refractivity contribution in [2.24, 2.45) is 0 Å². The molecule has 2 aromatic carbocycles. The summed E-state index contributed by atoms with van der Waals surface area (Å²) in [4.78, 5) is 26.5. The minimum atomic E-state index is -0.282. The molecule has 1 saturated heterocycles. The molecule has 0 aliphatic carbocycles. The van der Waals surface area contributed by atoms with Gasteiger partial charge in [-0.15, -0.1) is 0 Å². The molecule has 0 unspecified atom stereocenters. The van der Waals surface area contributed by atoms with Crippen LogP contribution in [0.2, 0.25) is 0 Å². The van der Waals surface area contributed by atoms with E-state index in [0.717, 1.165) is 34.3 Å². The second-order valence-corrected chi connectivity index (χ2v) is 7.24. The number of thioether (sulfide) groups is 1. The molecule has 140 valence electrons. The highest BCUT2D eigenvalue weighted by Gasteiger charge is 2.34. The number of benzene rings is 2. The van der Waals surface area contributed by atoms with Crippen LogP contribution in [0.4, 0.5) is 10.5 Å². The van der Waals surface area contributed by atoms with Crippen LogP contribution in [0.25, 0.3) is 6.08 Å². The van der Waals surface area contributed by atoms with Gasteiger partial charge >= 0.3 is 0 Å². The quantitative estimate of drug-likeness (QED) is 0.727. The van der Waals surface area contributed by atoms with E-state index in [9.17, 15) is 9.59 Å². The Labute approximate surface area is 163 Å². The zero-order chi connectivity index (χ0) is 19.4. The van der Waals surface area contributed by atoms with Gasteiger partial charge in [-0.3, -0.25) is 14.5 Å². The molecule has 2 aromatic rings. The fourth-order valence-corrected chi connectivity index (χ4v) is 3.47. The first kappa shape index (κ1) is 19.0. The first-order chi connectivity index (χ1) is 13.0. The van der Waals surface area contributed by atoms with Gasteiger partial charge in [0.25, 0.3) is 11.1 Å². The van der Waals surface area contributed by atoms with Crippen LogP contribution in [-0.4, -0.2) is 29.3 Å². The highest BCUT2D eigenvalue weighted by Crippen LogP contribution is 2.32. The van der Waals surface area contributed by atoms with Crippen LogP contribution in [-0.2, 0) is 4.79 Å². The second kappa shape index (κ2) is 8.31. The number of hydrogen-bond acceptors (Lipinski definition) is 5. The molecule has 0 aromatic heterocycles. The Hall–Kier alpha value is -2.73. The molecule has 0 bridgehead atoms. The van der Waals surface area contributed by atoms with E-state index in [-0.39, 0.29) is 17.8 Å². The van der Waals surface area contributed by atoms with Crippen molar-refractivity contribution in [3.8, 4) is 5.75 Å². The van der Waals surface area contributed by atoms with E-state index in [1.54, 1.807) is 6.08 Å². The summed E-state index contributed by atoms with van der Waals surface area (Å²) in [6, 6.07) is 13.4. The van der Waals surface area contributed by atoms with Gasteiger partial charge in [0.2, 0.25) is 0 Å². The zero-order valence-electron chi connectivity index (χ0n) is 15.6. The number of rotatable bonds is 6. The number of hydrogen-bond donors (Lipinski definition) is 1. The molecule has 1 aliphatic heterocycles. The summed E-state index contributed by atoms with van der Waals surface area (Å²) in [5, 5.41) is 2.88. The number of carbonyl (C=O) groups excluding carboxylic acids is 2. The van der Waals surface area contributed by atoms with Gasteiger partial charge in [-0.05, 0) is 79.6 Å². The van der Waals surface area contributed by atoms with Crippen LogP contribution < -0.4 is 10.1 Å². The van der Waals surface area contributed by atoms with Gasteiger partial charge < -0.3 is 10.1 Å². The maximum absolute atomic E-state index is 12.6. The summed E-state index contributed by atoms with van der Waals surface area (Å²) in [5.74, 6) is 0.496. The fraction of sp³-hybridized carbons (Fsp3) is 0.238. The normalized spacial score (nSPS) is 15.5. The standard InChI is InChI=1S/C21H22N2O3S/c1-4-26-18-9-6-16(7-10-18)12-19-20(24)23(21(25)27-19)13-22-17-8-5-14(2)15(3)11-17/h5-12,22H,4,13H2,1-3H3/b19-12+. The Bertz CT molecular complexity index is 891. The molecule has 0 saturated carbocycles. The van der Waals surface area contributed by atoms with E-state index in [2.05, 4.69) is 5.32 Å². The van der Waals surface area contributed by atoms with Crippen molar-refractivity contribution in [3.63, 3.8) is 0 Å². The van der Waals surface area contributed by atoms with Crippen LogP contribution in [0.5, 0.6) is 5.75 Å². The molecule has 1 aliphatic rings. The van der Waals surface area contributed by atoms with Crippen molar-refractivity contribution in [2.45, 2.75) is 20.8 Å². The van der Waals surface area contributed by atoms with Crippen molar-refractivity contribution < 1.29 is 14.3 Å². The molecule has 1 N–H and O–H groups in total. The van der Waals surface area contributed by atoms with Crippen LogP contribution in [0.1, 0.15) is 23.6 Å². The van der Waals surface area contributed by atoms with Gasteiger partial charge in [-0.2, -0.15) is 0 Å². The van der Waals surface area contributed by atoms with Gasteiger partial charge in [0.15, 0.2) is 0 Å². The average Bonchev–Trinajstić information content (AvgIpc) is 2.91. The molecule has 27 heavy (non-hydrogen) atoms. The van der Waals surface area contributed by atoms with E-state index in [1.165, 1.54) is 10.5 Å². The van der Waals surface area contributed by atoms with Crippen LogP contribution in [0.3, 0.4) is 0 Å². The molecule has 1 heterocycles. The molecule has 1 fully saturated rings.